The molecule has 230 valence electrons. The molecule has 2 atom stereocenters. The number of halogens is 2. The Morgan fingerprint density at radius 3 is 2.29 bits per heavy atom. The van der Waals surface area contributed by atoms with Crippen LogP contribution in [0.2, 0.25) is 0 Å². The third-order valence-corrected chi connectivity index (χ3v) is 8.35. The zero-order valence-electron chi connectivity index (χ0n) is 24.6. The topological polar surface area (TPSA) is 76.2 Å². The van der Waals surface area contributed by atoms with E-state index >= 15 is 0 Å². The zero-order valence-corrected chi connectivity index (χ0v) is 24.6. The number of urea groups is 1. The quantitative estimate of drug-likeness (QED) is 0.275. The van der Waals surface area contributed by atoms with E-state index in [1.54, 1.807) is 45.2 Å². The van der Waals surface area contributed by atoms with Crippen LogP contribution in [0.15, 0.2) is 104 Å². The van der Waals surface area contributed by atoms with Gasteiger partial charge >= 0.3 is 6.03 Å². The van der Waals surface area contributed by atoms with E-state index in [4.69, 9.17) is 0 Å². The van der Waals surface area contributed by atoms with Crippen LogP contribution in [0.4, 0.5) is 13.6 Å². The fourth-order valence-corrected chi connectivity index (χ4v) is 6.17. The van der Waals surface area contributed by atoms with E-state index < -0.39 is 18.2 Å². The van der Waals surface area contributed by atoms with Crippen molar-refractivity contribution in [3.05, 3.63) is 132 Å². The van der Waals surface area contributed by atoms with Crippen molar-refractivity contribution >= 4 is 28.6 Å². The van der Waals surface area contributed by atoms with Crippen LogP contribution in [0.5, 0.6) is 0 Å². The van der Waals surface area contributed by atoms with Crippen molar-refractivity contribution in [3.63, 3.8) is 0 Å². The highest BCUT2D eigenvalue weighted by Crippen LogP contribution is 2.31. The first-order valence-corrected chi connectivity index (χ1v) is 14.8. The van der Waals surface area contributed by atoms with Crippen LogP contribution in [-0.4, -0.2) is 69.5 Å². The first-order valence-electron chi connectivity index (χ1n) is 14.8. The molecule has 0 spiro atoms. The molecule has 4 aromatic carbocycles. The number of hydrazine groups is 1. The minimum absolute atomic E-state index is 0.113. The Morgan fingerprint density at radius 2 is 1.58 bits per heavy atom. The molecule has 0 radical (unpaired) electrons. The molecule has 0 aliphatic carbocycles. The molecular weight excluding hydrogens is 576 g/mol. The van der Waals surface area contributed by atoms with Gasteiger partial charge in [-0.1, -0.05) is 72.8 Å². The van der Waals surface area contributed by atoms with Crippen molar-refractivity contribution in [3.8, 4) is 0 Å². The first-order chi connectivity index (χ1) is 21.8. The highest BCUT2D eigenvalue weighted by molar-refractivity contribution is 5.92. The van der Waals surface area contributed by atoms with Crippen LogP contribution >= 0.6 is 0 Å². The van der Waals surface area contributed by atoms with Crippen molar-refractivity contribution in [1.29, 1.82) is 0 Å². The van der Waals surface area contributed by atoms with Gasteiger partial charge in [0.2, 0.25) is 11.8 Å². The lowest BCUT2D eigenvalue weighted by atomic mass is 9.99. The predicted molar refractivity (Wildman–Crippen MR) is 166 cm³/mol. The van der Waals surface area contributed by atoms with Crippen molar-refractivity contribution < 1.29 is 23.2 Å². The molecule has 2 aliphatic rings. The number of hydrogen-bond acceptors (Lipinski definition) is 4. The summed E-state index contributed by atoms with van der Waals surface area (Å²) in [5.74, 6) is -1.26. The number of nitrogens with zero attached hydrogens (tertiary/aromatic N) is 4. The molecular formula is C35H33F2N5O3. The van der Waals surface area contributed by atoms with Crippen LogP contribution < -0.4 is 5.32 Å². The summed E-state index contributed by atoms with van der Waals surface area (Å²) in [6, 6.07) is 24.3. The number of piperazine rings is 1. The Morgan fingerprint density at radius 1 is 0.911 bits per heavy atom. The van der Waals surface area contributed by atoms with E-state index in [1.807, 2.05) is 42.5 Å². The summed E-state index contributed by atoms with van der Waals surface area (Å²) in [5.41, 5.74) is 2.39. The molecule has 6 rings (SSSR count). The van der Waals surface area contributed by atoms with Gasteiger partial charge in [0.15, 0.2) is 0 Å². The van der Waals surface area contributed by atoms with Crippen molar-refractivity contribution in [1.82, 2.24) is 25.1 Å². The Labute approximate surface area is 260 Å². The maximum atomic E-state index is 14.1. The summed E-state index contributed by atoms with van der Waals surface area (Å²) >= 11 is 0. The van der Waals surface area contributed by atoms with Gasteiger partial charge in [0.1, 0.15) is 23.8 Å². The number of rotatable bonds is 9. The van der Waals surface area contributed by atoms with Gasteiger partial charge < -0.3 is 15.1 Å². The fourth-order valence-electron chi connectivity index (χ4n) is 6.17. The van der Waals surface area contributed by atoms with E-state index in [1.165, 1.54) is 29.3 Å². The maximum Gasteiger partial charge on any atom is 0.332 e. The summed E-state index contributed by atoms with van der Waals surface area (Å²) < 4.78 is 27.1. The van der Waals surface area contributed by atoms with Crippen molar-refractivity contribution in [2.75, 3.05) is 19.6 Å². The Bertz CT molecular complexity index is 1720. The second-order valence-corrected chi connectivity index (χ2v) is 11.2. The third-order valence-electron chi connectivity index (χ3n) is 8.35. The Kier molecular flexibility index (Phi) is 8.57. The lowest BCUT2D eigenvalue weighted by molar-refractivity contribution is -0.157. The smallest absolute Gasteiger partial charge is 0.332 e. The molecule has 4 amide bonds. The molecule has 45 heavy (non-hydrogen) atoms. The standard InChI is InChI=1S/C35H33F2N5O3/c1-2-18-40(35(45)38-20-25-12-16-29(37)17-13-25)41-23-33(43)42-31(19-24-10-14-28(36)15-11-24)34(44)39(22-32(41)42)21-27-8-5-7-26-6-3-4-9-30(26)27/h2-17,31-32H,1,18-23H2,(H,38,45)/t31-,32+/m0/s1. The minimum atomic E-state index is -0.852. The number of fused-ring (bicyclic) bond motifs is 2. The van der Waals surface area contributed by atoms with Gasteiger partial charge in [0.25, 0.3) is 0 Å². The van der Waals surface area contributed by atoms with Crippen LogP contribution in [0.1, 0.15) is 16.7 Å². The Hall–Kier alpha value is -5.09. The summed E-state index contributed by atoms with van der Waals surface area (Å²) in [6.45, 7) is 4.45. The number of carbonyl (C=O) groups is 3. The number of amides is 4. The van der Waals surface area contributed by atoms with Crippen LogP contribution in [0.3, 0.4) is 0 Å². The molecule has 10 heteroatoms. The third kappa shape index (κ3) is 6.28. The first kappa shape index (κ1) is 30.0. The van der Waals surface area contributed by atoms with Gasteiger partial charge in [0.05, 0.1) is 19.6 Å². The van der Waals surface area contributed by atoms with E-state index in [0.717, 1.165) is 16.3 Å². The highest BCUT2D eigenvalue weighted by atomic mass is 19.1. The molecule has 0 unspecified atom stereocenters. The Balaban J connectivity index is 1.31. The second kappa shape index (κ2) is 12.9. The minimum Gasteiger partial charge on any atom is -0.333 e. The van der Waals surface area contributed by atoms with E-state index in [-0.39, 0.29) is 56.0 Å². The average molecular weight is 610 g/mol. The fraction of sp³-hybridized carbons (Fsp3) is 0.229. The van der Waals surface area contributed by atoms with Crippen molar-refractivity contribution in [2.24, 2.45) is 0 Å². The lowest BCUT2D eigenvalue weighted by Gasteiger charge is -2.46. The zero-order chi connectivity index (χ0) is 31.5. The predicted octanol–water partition coefficient (Wildman–Crippen LogP) is 4.85. The summed E-state index contributed by atoms with van der Waals surface area (Å²) in [4.78, 5) is 44.6. The monoisotopic (exact) mass is 609 g/mol. The van der Waals surface area contributed by atoms with Gasteiger partial charge in [0, 0.05) is 19.5 Å². The van der Waals surface area contributed by atoms with Crippen molar-refractivity contribution in [2.45, 2.75) is 31.7 Å². The largest absolute Gasteiger partial charge is 0.333 e. The van der Waals surface area contributed by atoms with Gasteiger partial charge in [-0.3, -0.25) is 14.6 Å². The molecule has 8 nitrogen and oxygen atoms in total. The molecule has 2 aliphatic heterocycles. The van der Waals surface area contributed by atoms with E-state index in [2.05, 4.69) is 11.9 Å². The summed E-state index contributed by atoms with van der Waals surface area (Å²) in [7, 11) is 0. The molecule has 0 saturated carbocycles. The highest BCUT2D eigenvalue weighted by Gasteiger charge is 2.52. The number of hydrogen-bond donors (Lipinski definition) is 1. The number of carbonyl (C=O) groups excluding carboxylic acids is 3. The number of nitrogens with one attached hydrogen (secondary N) is 1. The molecule has 4 aromatic rings. The molecule has 2 heterocycles. The van der Waals surface area contributed by atoms with E-state index in [0.29, 0.717) is 17.7 Å². The average Bonchev–Trinajstić information content (AvgIpc) is 3.37. The number of benzene rings is 4. The van der Waals surface area contributed by atoms with Crippen LogP contribution in [0.25, 0.3) is 10.8 Å². The normalized spacial score (nSPS) is 18.3. The van der Waals surface area contributed by atoms with Crippen LogP contribution in [-0.2, 0) is 29.1 Å². The second-order valence-electron chi connectivity index (χ2n) is 11.2. The summed E-state index contributed by atoms with van der Waals surface area (Å²) in [6.07, 6.45) is 1.13. The maximum absolute atomic E-state index is 14.1. The van der Waals surface area contributed by atoms with Crippen LogP contribution in [0, 0.1) is 11.6 Å². The molecule has 2 saturated heterocycles. The van der Waals surface area contributed by atoms with Gasteiger partial charge in [-0.25, -0.2) is 13.6 Å². The molecule has 0 bridgehead atoms. The lowest BCUT2D eigenvalue weighted by Crippen LogP contribution is -2.66. The SMILES string of the molecule is C=CCN(C(=O)NCc1ccc(F)cc1)N1CC(=O)N2[C@@H](Cc3ccc(F)cc3)C(=O)N(Cc3cccc4ccccc34)C[C@@H]21. The van der Waals surface area contributed by atoms with Gasteiger partial charge in [-0.2, -0.15) is 5.01 Å². The summed E-state index contributed by atoms with van der Waals surface area (Å²) in [5, 5.41) is 8.05. The van der Waals surface area contributed by atoms with E-state index in [9.17, 15) is 23.2 Å². The van der Waals surface area contributed by atoms with Gasteiger partial charge in [-0.05, 0) is 51.7 Å². The molecule has 1 N–H and O–H groups in total. The molecule has 0 aromatic heterocycles. The molecule has 2 fully saturated rings. The van der Waals surface area contributed by atoms with Gasteiger partial charge in [-0.15, -0.1) is 6.58 Å².